The minimum absolute atomic E-state index is 0.0904. The normalized spacial score (nSPS) is 33.0. The zero-order chi connectivity index (χ0) is 10.1. The number of aliphatic hydroxyl groups excluding tert-OH is 1. The Kier molecular flexibility index (Phi) is 3.36. The zero-order valence-corrected chi connectivity index (χ0v) is 9.38. The Morgan fingerprint density at radius 1 is 1.15 bits per heavy atom. The zero-order valence-electron chi connectivity index (χ0n) is 9.38. The molecule has 0 amide bonds. The number of hydrogen-bond donors (Lipinski definition) is 1. The average molecular weight is 185 g/mol. The van der Waals surface area contributed by atoms with Crippen LogP contribution in [0.15, 0.2) is 0 Å². The first-order chi connectivity index (χ1) is 5.91. The van der Waals surface area contributed by atoms with Crippen molar-refractivity contribution in [3.8, 4) is 0 Å². The van der Waals surface area contributed by atoms with E-state index in [4.69, 9.17) is 0 Å². The second-order valence-corrected chi connectivity index (χ2v) is 5.28. The van der Waals surface area contributed by atoms with Gasteiger partial charge in [0.25, 0.3) is 0 Å². The Labute approximate surface area is 81.9 Å². The van der Waals surface area contributed by atoms with Crippen molar-refractivity contribution in [2.45, 2.75) is 52.2 Å². The molecule has 0 saturated carbocycles. The van der Waals surface area contributed by atoms with Gasteiger partial charge >= 0.3 is 0 Å². The molecular weight excluding hydrogens is 162 g/mol. The molecule has 1 heterocycles. The van der Waals surface area contributed by atoms with E-state index >= 15 is 0 Å². The Balaban J connectivity index is 2.54. The first-order valence-electron chi connectivity index (χ1n) is 5.34. The van der Waals surface area contributed by atoms with Crippen molar-refractivity contribution in [2.75, 3.05) is 13.1 Å². The largest absolute Gasteiger partial charge is 0.393 e. The van der Waals surface area contributed by atoms with Crippen LogP contribution < -0.4 is 0 Å². The first kappa shape index (κ1) is 11.0. The van der Waals surface area contributed by atoms with Gasteiger partial charge in [0.2, 0.25) is 0 Å². The van der Waals surface area contributed by atoms with Crippen molar-refractivity contribution in [3.05, 3.63) is 0 Å². The third-order valence-electron chi connectivity index (χ3n) is 3.15. The quantitative estimate of drug-likeness (QED) is 0.623. The summed E-state index contributed by atoms with van der Waals surface area (Å²) in [5.41, 5.74) is 0.254. The van der Waals surface area contributed by atoms with Crippen molar-refractivity contribution in [1.82, 2.24) is 4.90 Å². The van der Waals surface area contributed by atoms with Crippen LogP contribution in [0.4, 0.5) is 0 Å². The Morgan fingerprint density at radius 2 is 1.69 bits per heavy atom. The molecular formula is C11H23NO. The number of aliphatic hydroxyl groups is 1. The van der Waals surface area contributed by atoms with E-state index in [2.05, 4.69) is 32.6 Å². The molecule has 0 bridgehead atoms. The second-order valence-electron chi connectivity index (χ2n) is 5.28. The number of nitrogens with zero attached hydrogens (tertiary/aromatic N) is 1. The fourth-order valence-electron chi connectivity index (χ4n) is 1.91. The van der Waals surface area contributed by atoms with Gasteiger partial charge in [0.1, 0.15) is 0 Å². The van der Waals surface area contributed by atoms with Crippen LogP contribution in [0.2, 0.25) is 0 Å². The van der Waals surface area contributed by atoms with Crippen molar-refractivity contribution in [2.24, 2.45) is 5.92 Å². The lowest BCUT2D eigenvalue weighted by Crippen LogP contribution is -2.42. The van der Waals surface area contributed by atoms with E-state index in [1.807, 2.05) is 0 Å². The summed E-state index contributed by atoms with van der Waals surface area (Å²) in [6.45, 7) is 11.0. The number of hydrogen-bond acceptors (Lipinski definition) is 2. The fourth-order valence-corrected chi connectivity index (χ4v) is 1.91. The average Bonchev–Trinajstić information content (AvgIpc) is 2.14. The van der Waals surface area contributed by atoms with Crippen LogP contribution in [0.25, 0.3) is 0 Å². The lowest BCUT2D eigenvalue weighted by Gasteiger charge is -2.34. The third-order valence-corrected chi connectivity index (χ3v) is 3.15. The summed E-state index contributed by atoms with van der Waals surface area (Å²) in [4.78, 5) is 2.47. The summed E-state index contributed by atoms with van der Waals surface area (Å²) in [6, 6.07) is 0. The topological polar surface area (TPSA) is 23.5 Å². The van der Waals surface area contributed by atoms with Crippen LogP contribution in [0, 0.1) is 5.92 Å². The highest BCUT2D eigenvalue weighted by Gasteiger charge is 2.27. The van der Waals surface area contributed by atoms with Gasteiger partial charge in [-0.15, -0.1) is 0 Å². The molecule has 0 aliphatic carbocycles. The van der Waals surface area contributed by atoms with Crippen LogP contribution in [-0.4, -0.2) is 34.7 Å². The maximum Gasteiger partial charge on any atom is 0.0578 e. The number of rotatable bonds is 0. The van der Waals surface area contributed by atoms with Crippen molar-refractivity contribution < 1.29 is 5.11 Å². The maximum atomic E-state index is 9.71. The van der Waals surface area contributed by atoms with Crippen LogP contribution in [0.3, 0.4) is 0 Å². The molecule has 1 aliphatic heterocycles. The molecule has 78 valence electrons. The molecule has 2 nitrogen and oxygen atoms in total. The smallest absolute Gasteiger partial charge is 0.0578 e. The highest BCUT2D eigenvalue weighted by Crippen LogP contribution is 2.22. The van der Waals surface area contributed by atoms with Crippen molar-refractivity contribution in [3.63, 3.8) is 0 Å². The molecule has 0 spiro atoms. The highest BCUT2D eigenvalue weighted by molar-refractivity contribution is 4.81. The third kappa shape index (κ3) is 2.96. The van der Waals surface area contributed by atoms with E-state index in [1.54, 1.807) is 0 Å². The Bertz CT molecular complexity index is 150. The molecule has 1 rings (SSSR count). The maximum absolute atomic E-state index is 9.71. The molecule has 0 unspecified atom stereocenters. The van der Waals surface area contributed by atoms with Crippen molar-refractivity contribution >= 4 is 0 Å². The molecule has 0 aromatic rings. The van der Waals surface area contributed by atoms with Gasteiger partial charge in [-0.3, -0.25) is 4.90 Å². The summed E-state index contributed by atoms with van der Waals surface area (Å²) < 4.78 is 0. The summed E-state index contributed by atoms with van der Waals surface area (Å²) in [5, 5.41) is 9.71. The van der Waals surface area contributed by atoms with E-state index in [0.717, 1.165) is 25.9 Å². The summed E-state index contributed by atoms with van der Waals surface area (Å²) in [6.07, 6.45) is 1.96. The van der Waals surface area contributed by atoms with E-state index in [9.17, 15) is 5.11 Å². The van der Waals surface area contributed by atoms with E-state index < -0.39 is 0 Å². The molecule has 13 heavy (non-hydrogen) atoms. The van der Waals surface area contributed by atoms with E-state index in [1.165, 1.54) is 0 Å². The highest BCUT2D eigenvalue weighted by atomic mass is 16.3. The van der Waals surface area contributed by atoms with Gasteiger partial charge in [0.05, 0.1) is 6.10 Å². The van der Waals surface area contributed by atoms with Crippen LogP contribution >= 0.6 is 0 Å². The Morgan fingerprint density at radius 3 is 2.23 bits per heavy atom. The van der Waals surface area contributed by atoms with Crippen molar-refractivity contribution in [1.29, 1.82) is 0 Å². The van der Waals surface area contributed by atoms with Gasteiger partial charge in [-0.2, -0.15) is 0 Å². The summed E-state index contributed by atoms with van der Waals surface area (Å²) in [7, 11) is 0. The van der Waals surface area contributed by atoms with Gasteiger partial charge < -0.3 is 5.11 Å². The van der Waals surface area contributed by atoms with Gasteiger partial charge in [-0.05, 0) is 46.1 Å². The minimum Gasteiger partial charge on any atom is -0.393 e. The summed E-state index contributed by atoms with van der Waals surface area (Å²) in [5.74, 6) is 0.465. The molecule has 1 saturated heterocycles. The Hall–Kier alpha value is -0.0800. The van der Waals surface area contributed by atoms with Crippen LogP contribution in [0.5, 0.6) is 0 Å². The molecule has 2 atom stereocenters. The lowest BCUT2D eigenvalue weighted by atomic mass is 10.0. The first-order valence-corrected chi connectivity index (χ1v) is 5.34. The van der Waals surface area contributed by atoms with Crippen LogP contribution in [0.1, 0.15) is 40.5 Å². The van der Waals surface area contributed by atoms with E-state index in [-0.39, 0.29) is 11.6 Å². The standard InChI is InChI=1S/C11H23NO/c1-9-5-7-12(11(2,3)4)8-6-10(9)13/h9-10,13H,5-8H2,1-4H3/t9-,10-/m1/s1. The van der Waals surface area contributed by atoms with Gasteiger partial charge in [0.15, 0.2) is 0 Å². The van der Waals surface area contributed by atoms with Crippen LogP contribution in [-0.2, 0) is 0 Å². The lowest BCUT2D eigenvalue weighted by molar-refractivity contribution is 0.106. The fraction of sp³-hybridized carbons (Fsp3) is 1.00. The molecule has 0 radical (unpaired) electrons. The predicted molar refractivity (Wildman–Crippen MR) is 55.7 cm³/mol. The monoisotopic (exact) mass is 185 g/mol. The second kappa shape index (κ2) is 3.97. The van der Waals surface area contributed by atoms with Gasteiger partial charge in [-0.25, -0.2) is 0 Å². The van der Waals surface area contributed by atoms with Gasteiger partial charge in [0, 0.05) is 12.1 Å². The molecule has 1 fully saturated rings. The summed E-state index contributed by atoms with van der Waals surface area (Å²) >= 11 is 0. The predicted octanol–water partition coefficient (Wildman–Crippen LogP) is 1.88. The minimum atomic E-state index is -0.0904. The SMILES string of the molecule is C[C@@H]1CCN(C(C)(C)C)CC[C@H]1O. The molecule has 1 N–H and O–H groups in total. The molecule has 0 aromatic heterocycles. The van der Waals surface area contributed by atoms with Gasteiger partial charge in [-0.1, -0.05) is 6.92 Å². The van der Waals surface area contributed by atoms with E-state index in [0.29, 0.717) is 5.92 Å². The molecule has 2 heteroatoms. The molecule has 1 aliphatic rings. The number of likely N-dealkylation sites (tertiary alicyclic amines) is 1. The molecule has 0 aromatic carbocycles.